The van der Waals surface area contributed by atoms with Crippen LogP contribution in [0.1, 0.15) is 31.4 Å². The molecule has 1 atom stereocenters. The van der Waals surface area contributed by atoms with E-state index >= 15 is 0 Å². The van der Waals surface area contributed by atoms with E-state index < -0.39 is 51.6 Å². The molecule has 0 saturated carbocycles. The third kappa shape index (κ3) is 5.84. The van der Waals surface area contributed by atoms with Crippen molar-refractivity contribution in [2.45, 2.75) is 37.5 Å². The van der Waals surface area contributed by atoms with Gasteiger partial charge in [0.25, 0.3) is 11.6 Å². The number of benzene rings is 2. The lowest BCUT2D eigenvalue weighted by molar-refractivity contribution is -0.388. The lowest BCUT2D eigenvalue weighted by atomic mass is 9.75. The van der Waals surface area contributed by atoms with Gasteiger partial charge in [0.05, 0.1) is 4.92 Å². The number of hydrogen-bond donors (Lipinski definition) is 3. The second kappa shape index (κ2) is 9.38. The van der Waals surface area contributed by atoms with Crippen LogP contribution < -0.4 is 5.32 Å². The highest BCUT2D eigenvalue weighted by atomic mass is 19.4. The molecule has 0 radical (unpaired) electrons. The largest absolute Gasteiger partial charge is 0.423 e. The number of aliphatic hydroxyl groups is 2. The molecule has 10 heteroatoms. The number of alkyl halides is 3. The van der Waals surface area contributed by atoms with Crippen LogP contribution in [0.5, 0.6) is 0 Å². The first-order valence-corrected chi connectivity index (χ1v) is 9.36. The molecule has 0 saturated heterocycles. The number of rotatable bonds is 6. The Bertz CT molecular complexity index is 1060. The van der Waals surface area contributed by atoms with Crippen LogP contribution in [0.15, 0.2) is 48.5 Å². The molecular formula is C22H21F3N2O5. The Hall–Kier alpha value is -3.42. The van der Waals surface area contributed by atoms with E-state index in [0.717, 1.165) is 11.6 Å². The van der Waals surface area contributed by atoms with Crippen molar-refractivity contribution in [2.75, 3.05) is 11.9 Å². The molecule has 1 unspecified atom stereocenters. The number of halogens is 3. The highest BCUT2D eigenvalue weighted by molar-refractivity contribution is 5.99. The third-order valence-corrected chi connectivity index (χ3v) is 4.76. The normalized spacial score (nSPS) is 13.5. The summed E-state index contributed by atoms with van der Waals surface area (Å²) in [5, 5.41) is 33.1. The maximum Gasteiger partial charge on any atom is 0.423 e. The molecule has 0 spiro atoms. The number of carbonyl (C=O) groups excluding carboxylic acids is 1. The van der Waals surface area contributed by atoms with E-state index in [2.05, 4.69) is 17.2 Å². The average molecular weight is 450 g/mol. The number of hydrogen-bond acceptors (Lipinski definition) is 5. The summed E-state index contributed by atoms with van der Waals surface area (Å²) in [6.07, 6.45) is -5.28. The van der Waals surface area contributed by atoms with E-state index in [1.807, 2.05) is 0 Å². The molecule has 2 aromatic rings. The molecule has 0 aliphatic heterocycles. The average Bonchev–Trinajstić information content (AvgIpc) is 2.71. The molecule has 1 amide bonds. The predicted molar refractivity (Wildman–Crippen MR) is 111 cm³/mol. The van der Waals surface area contributed by atoms with Gasteiger partial charge in [-0.25, -0.2) is 0 Å². The van der Waals surface area contributed by atoms with Gasteiger partial charge in [-0.2, -0.15) is 13.2 Å². The molecule has 3 N–H and O–H groups in total. The van der Waals surface area contributed by atoms with Crippen molar-refractivity contribution >= 4 is 17.3 Å². The zero-order valence-corrected chi connectivity index (χ0v) is 17.2. The van der Waals surface area contributed by atoms with Gasteiger partial charge in [0.1, 0.15) is 12.2 Å². The van der Waals surface area contributed by atoms with Crippen molar-refractivity contribution in [1.82, 2.24) is 0 Å². The Labute approximate surface area is 182 Å². The summed E-state index contributed by atoms with van der Waals surface area (Å²) in [5.41, 5.74) is -5.51. The van der Waals surface area contributed by atoms with E-state index in [-0.39, 0.29) is 6.42 Å². The van der Waals surface area contributed by atoms with Crippen LogP contribution in [0.3, 0.4) is 0 Å². The summed E-state index contributed by atoms with van der Waals surface area (Å²) >= 11 is 0. The predicted octanol–water partition coefficient (Wildman–Crippen LogP) is 3.65. The fraction of sp³-hybridized carbons (Fsp3) is 0.318. The topological polar surface area (TPSA) is 113 Å². The van der Waals surface area contributed by atoms with Crippen molar-refractivity contribution in [3.8, 4) is 11.8 Å². The maximum atomic E-state index is 13.2. The Balaban J connectivity index is 2.41. The fourth-order valence-corrected chi connectivity index (χ4v) is 3.23. The zero-order valence-electron chi connectivity index (χ0n) is 17.2. The minimum Gasteiger partial charge on any atom is -0.384 e. The summed E-state index contributed by atoms with van der Waals surface area (Å²) in [4.78, 5) is 22.6. The van der Waals surface area contributed by atoms with Crippen LogP contribution in [0.4, 0.5) is 24.5 Å². The van der Waals surface area contributed by atoms with Gasteiger partial charge >= 0.3 is 6.18 Å². The highest BCUT2D eigenvalue weighted by Crippen LogP contribution is 2.38. The molecule has 170 valence electrons. The van der Waals surface area contributed by atoms with Gasteiger partial charge in [-0.15, -0.1) is 0 Å². The first kappa shape index (κ1) is 24.8. The summed E-state index contributed by atoms with van der Waals surface area (Å²) < 4.78 is 39.7. The first-order chi connectivity index (χ1) is 14.8. The van der Waals surface area contributed by atoms with E-state index in [1.54, 1.807) is 44.2 Å². The quantitative estimate of drug-likeness (QED) is 0.353. The number of nitrogens with one attached hydrogen (secondary N) is 1. The van der Waals surface area contributed by atoms with Crippen LogP contribution in [0, 0.1) is 22.0 Å². The molecule has 2 aromatic carbocycles. The van der Waals surface area contributed by atoms with Crippen LogP contribution in [-0.4, -0.2) is 33.3 Å². The minimum absolute atomic E-state index is 0.248. The second-order valence-corrected chi connectivity index (χ2v) is 7.69. The number of nitro benzene ring substituents is 1. The van der Waals surface area contributed by atoms with Gasteiger partial charge in [0.2, 0.25) is 5.60 Å². The van der Waals surface area contributed by atoms with Crippen molar-refractivity contribution in [2.24, 2.45) is 0 Å². The molecule has 0 fully saturated rings. The Morgan fingerprint density at radius 2 is 1.78 bits per heavy atom. The van der Waals surface area contributed by atoms with Crippen molar-refractivity contribution < 1.29 is 33.1 Å². The van der Waals surface area contributed by atoms with Gasteiger partial charge in [-0.05, 0) is 23.1 Å². The van der Waals surface area contributed by atoms with Gasteiger partial charge in [0.15, 0.2) is 0 Å². The highest BCUT2D eigenvalue weighted by Gasteiger charge is 2.42. The molecule has 2 rings (SSSR count). The SMILES string of the molecule is CC(C)(CC(O)(C#CCO)C(=O)Nc1ccc([N+](=O)[O-])c(C(F)(F)F)c1)c1ccccc1. The third-order valence-electron chi connectivity index (χ3n) is 4.76. The van der Waals surface area contributed by atoms with E-state index in [4.69, 9.17) is 5.11 Å². The van der Waals surface area contributed by atoms with Gasteiger partial charge < -0.3 is 15.5 Å². The Kier molecular flexibility index (Phi) is 7.28. The molecule has 0 bridgehead atoms. The van der Waals surface area contributed by atoms with E-state index in [1.165, 1.54) is 0 Å². The number of carbonyl (C=O) groups is 1. The van der Waals surface area contributed by atoms with Crippen LogP contribution in [0.25, 0.3) is 0 Å². The molecule has 32 heavy (non-hydrogen) atoms. The fourth-order valence-electron chi connectivity index (χ4n) is 3.23. The molecule has 0 heterocycles. The first-order valence-electron chi connectivity index (χ1n) is 9.36. The van der Waals surface area contributed by atoms with Crippen molar-refractivity contribution in [1.29, 1.82) is 0 Å². The van der Waals surface area contributed by atoms with Crippen LogP contribution >= 0.6 is 0 Å². The molecule has 0 aromatic heterocycles. The summed E-state index contributed by atoms with van der Waals surface area (Å²) in [6, 6.07) is 10.8. The second-order valence-electron chi connectivity index (χ2n) is 7.69. The zero-order chi connectivity index (χ0) is 24.2. The van der Waals surface area contributed by atoms with Crippen LogP contribution in [0.2, 0.25) is 0 Å². The minimum atomic E-state index is -5.04. The number of aliphatic hydroxyl groups excluding tert-OH is 1. The number of nitrogens with zero attached hydrogens (tertiary/aromatic N) is 1. The van der Waals surface area contributed by atoms with Crippen LogP contribution in [-0.2, 0) is 16.4 Å². The monoisotopic (exact) mass is 450 g/mol. The molecule has 7 nitrogen and oxygen atoms in total. The standard InChI is InChI=1S/C22H21F3N2O5/c1-20(2,15-7-4-3-5-8-15)14-21(30,11-6-12-28)19(29)26-16-9-10-18(27(31)32)17(13-16)22(23,24)25/h3-5,7-10,13,28,30H,12,14H2,1-2H3,(H,26,29). The van der Waals surface area contributed by atoms with Gasteiger partial charge in [-0.1, -0.05) is 56.0 Å². The number of anilines is 1. The van der Waals surface area contributed by atoms with Crippen molar-refractivity contribution in [3.63, 3.8) is 0 Å². The lowest BCUT2D eigenvalue weighted by Gasteiger charge is -2.32. The van der Waals surface area contributed by atoms with E-state index in [9.17, 15) is 33.2 Å². The maximum absolute atomic E-state index is 13.2. The number of nitro groups is 1. The van der Waals surface area contributed by atoms with E-state index in [0.29, 0.717) is 12.1 Å². The summed E-state index contributed by atoms with van der Waals surface area (Å²) in [6.45, 7) is 2.83. The van der Waals surface area contributed by atoms with Gasteiger partial charge in [-0.3, -0.25) is 14.9 Å². The Morgan fingerprint density at radius 3 is 2.31 bits per heavy atom. The summed E-state index contributed by atoms with van der Waals surface area (Å²) in [7, 11) is 0. The Morgan fingerprint density at radius 1 is 1.16 bits per heavy atom. The summed E-state index contributed by atoms with van der Waals surface area (Å²) in [5.74, 6) is 3.36. The molecule has 0 aliphatic rings. The van der Waals surface area contributed by atoms with Crippen molar-refractivity contribution in [3.05, 3.63) is 69.8 Å². The molecule has 0 aliphatic carbocycles. The lowest BCUT2D eigenvalue weighted by Crippen LogP contribution is -2.46. The number of amides is 1. The molecular weight excluding hydrogens is 429 g/mol. The smallest absolute Gasteiger partial charge is 0.384 e. The van der Waals surface area contributed by atoms with Gasteiger partial charge in [0, 0.05) is 18.2 Å².